The smallest absolute Gasteiger partial charge is 0.352 e. The topological polar surface area (TPSA) is 29.1 Å². The highest BCUT2D eigenvalue weighted by molar-refractivity contribution is 6.18. The van der Waals surface area contributed by atoms with E-state index in [2.05, 4.69) is 5.32 Å². The molecule has 0 heterocycles. The summed E-state index contributed by atoms with van der Waals surface area (Å²) in [7, 11) is 0. The van der Waals surface area contributed by atoms with Gasteiger partial charge in [0.05, 0.1) is 0 Å². The SMILES string of the molecule is O=C(CC(F)(F)F)NC(CCl)Cc1ccccc1. The third-order valence-electron chi connectivity index (χ3n) is 2.24. The summed E-state index contributed by atoms with van der Waals surface area (Å²) in [6, 6.07) is 8.63. The molecule has 100 valence electrons. The molecule has 1 aromatic carbocycles. The number of amides is 1. The minimum Gasteiger partial charge on any atom is -0.352 e. The molecule has 0 radical (unpaired) electrons. The van der Waals surface area contributed by atoms with Gasteiger partial charge in [0.25, 0.3) is 0 Å². The number of alkyl halides is 4. The molecule has 0 saturated heterocycles. The Morgan fingerprint density at radius 1 is 1.28 bits per heavy atom. The Hall–Kier alpha value is -1.23. The Balaban J connectivity index is 2.50. The van der Waals surface area contributed by atoms with Gasteiger partial charge in [-0.2, -0.15) is 13.2 Å². The first kappa shape index (κ1) is 14.8. The third kappa shape index (κ3) is 5.91. The molecule has 0 aliphatic carbocycles. The summed E-state index contributed by atoms with van der Waals surface area (Å²) >= 11 is 5.64. The first-order chi connectivity index (χ1) is 8.40. The summed E-state index contributed by atoms with van der Waals surface area (Å²) in [5.74, 6) is -0.984. The van der Waals surface area contributed by atoms with Crippen molar-refractivity contribution in [1.29, 1.82) is 0 Å². The molecule has 1 aromatic rings. The minimum absolute atomic E-state index is 0.0679. The number of nitrogens with one attached hydrogen (secondary N) is 1. The number of benzene rings is 1. The zero-order valence-electron chi connectivity index (χ0n) is 9.51. The lowest BCUT2D eigenvalue weighted by Gasteiger charge is -2.16. The van der Waals surface area contributed by atoms with E-state index < -0.39 is 24.5 Å². The standard InChI is InChI=1S/C12H13ClF3NO/c13-8-10(6-9-4-2-1-3-5-9)17-11(18)7-12(14,15)16/h1-5,10H,6-8H2,(H,17,18). The number of carbonyl (C=O) groups excluding carboxylic acids is 1. The van der Waals surface area contributed by atoms with Gasteiger partial charge >= 0.3 is 6.18 Å². The van der Waals surface area contributed by atoms with Crippen molar-refractivity contribution in [3.63, 3.8) is 0 Å². The monoisotopic (exact) mass is 279 g/mol. The van der Waals surface area contributed by atoms with Crippen molar-refractivity contribution in [2.75, 3.05) is 5.88 Å². The van der Waals surface area contributed by atoms with Crippen LogP contribution in [0.25, 0.3) is 0 Å². The molecular formula is C12H13ClF3NO. The molecule has 1 amide bonds. The van der Waals surface area contributed by atoms with E-state index in [0.29, 0.717) is 6.42 Å². The zero-order valence-corrected chi connectivity index (χ0v) is 10.3. The van der Waals surface area contributed by atoms with Crippen LogP contribution in [0.4, 0.5) is 13.2 Å². The predicted octanol–water partition coefficient (Wildman–Crippen LogP) is 2.91. The van der Waals surface area contributed by atoms with Crippen LogP contribution in [0.3, 0.4) is 0 Å². The summed E-state index contributed by atoms with van der Waals surface area (Å²) in [5, 5.41) is 2.28. The summed E-state index contributed by atoms with van der Waals surface area (Å²) in [6.45, 7) is 0. The highest BCUT2D eigenvalue weighted by atomic mass is 35.5. The summed E-state index contributed by atoms with van der Waals surface area (Å²) < 4.78 is 36.0. The Bertz CT molecular complexity index is 381. The van der Waals surface area contributed by atoms with Crippen LogP contribution in [0.5, 0.6) is 0 Å². The van der Waals surface area contributed by atoms with Gasteiger partial charge in [0.2, 0.25) is 5.91 Å². The number of carbonyl (C=O) groups is 1. The fourth-order valence-corrected chi connectivity index (χ4v) is 1.69. The van der Waals surface area contributed by atoms with Crippen LogP contribution in [-0.4, -0.2) is 24.0 Å². The second-order valence-electron chi connectivity index (χ2n) is 3.90. The Labute approximate surface area is 108 Å². The number of hydrogen-bond donors (Lipinski definition) is 1. The first-order valence-electron chi connectivity index (χ1n) is 5.36. The van der Waals surface area contributed by atoms with Gasteiger partial charge in [-0.05, 0) is 12.0 Å². The van der Waals surface area contributed by atoms with Gasteiger partial charge in [0.15, 0.2) is 0 Å². The summed E-state index contributed by atoms with van der Waals surface area (Å²) in [4.78, 5) is 11.1. The van der Waals surface area contributed by atoms with E-state index in [1.54, 1.807) is 0 Å². The highest BCUT2D eigenvalue weighted by Gasteiger charge is 2.31. The van der Waals surface area contributed by atoms with Crippen LogP contribution >= 0.6 is 11.6 Å². The molecule has 2 nitrogen and oxygen atoms in total. The van der Waals surface area contributed by atoms with Crippen molar-refractivity contribution in [2.45, 2.75) is 25.1 Å². The molecule has 1 unspecified atom stereocenters. The summed E-state index contributed by atoms with van der Waals surface area (Å²) in [5.41, 5.74) is 0.912. The second-order valence-corrected chi connectivity index (χ2v) is 4.21. The van der Waals surface area contributed by atoms with Gasteiger partial charge in [-0.3, -0.25) is 4.79 Å². The average molecular weight is 280 g/mol. The molecule has 1 rings (SSSR count). The Morgan fingerprint density at radius 3 is 2.39 bits per heavy atom. The van der Waals surface area contributed by atoms with Gasteiger partial charge in [-0.1, -0.05) is 30.3 Å². The van der Waals surface area contributed by atoms with Crippen molar-refractivity contribution >= 4 is 17.5 Å². The largest absolute Gasteiger partial charge is 0.397 e. The fourth-order valence-electron chi connectivity index (χ4n) is 1.50. The normalized spacial score (nSPS) is 13.1. The Kier molecular flexibility index (Phi) is 5.47. The molecule has 1 N–H and O–H groups in total. The zero-order chi connectivity index (χ0) is 13.6. The van der Waals surface area contributed by atoms with Crippen molar-refractivity contribution in [1.82, 2.24) is 5.32 Å². The maximum absolute atomic E-state index is 12.0. The molecule has 0 fully saturated rings. The van der Waals surface area contributed by atoms with E-state index in [1.165, 1.54) is 0 Å². The molecule has 0 saturated carbocycles. The molecule has 0 aromatic heterocycles. The van der Waals surface area contributed by atoms with Crippen molar-refractivity contribution in [2.24, 2.45) is 0 Å². The lowest BCUT2D eigenvalue weighted by molar-refractivity contribution is -0.154. The van der Waals surface area contributed by atoms with Crippen molar-refractivity contribution in [3.05, 3.63) is 35.9 Å². The summed E-state index contributed by atoms with van der Waals surface area (Å²) in [6.07, 6.45) is -5.56. The molecule has 0 aliphatic heterocycles. The lowest BCUT2D eigenvalue weighted by atomic mass is 10.1. The van der Waals surface area contributed by atoms with E-state index in [-0.39, 0.29) is 5.88 Å². The van der Waals surface area contributed by atoms with Crippen molar-refractivity contribution < 1.29 is 18.0 Å². The van der Waals surface area contributed by atoms with E-state index in [9.17, 15) is 18.0 Å². The van der Waals surface area contributed by atoms with E-state index in [1.807, 2.05) is 30.3 Å². The molecule has 0 aliphatic rings. The molecular weight excluding hydrogens is 267 g/mol. The number of halogens is 4. The fraction of sp³-hybridized carbons (Fsp3) is 0.417. The van der Waals surface area contributed by atoms with Crippen LogP contribution in [0.15, 0.2) is 30.3 Å². The quantitative estimate of drug-likeness (QED) is 0.825. The maximum atomic E-state index is 12.0. The third-order valence-corrected chi connectivity index (χ3v) is 2.61. The lowest BCUT2D eigenvalue weighted by Crippen LogP contribution is -2.39. The van der Waals surface area contributed by atoms with Gasteiger partial charge in [-0.15, -0.1) is 11.6 Å². The van der Waals surface area contributed by atoms with E-state index in [0.717, 1.165) is 5.56 Å². The molecule has 0 spiro atoms. The molecule has 1 atom stereocenters. The predicted molar refractivity (Wildman–Crippen MR) is 63.5 cm³/mol. The van der Waals surface area contributed by atoms with Crippen LogP contribution in [-0.2, 0) is 11.2 Å². The second kappa shape index (κ2) is 6.64. The number of hydrogen-bond acceptors (Lipinski definition) is 1. The first-order valence-corrected chi connectivity index (χ1v) is 5.90. The highest BCUT2D eigenvalue weighted by Crippen LogP contribution is 2.19. The molecule has 0 bridgehead atoms. The van der Waals surface area contributed by atoms with Gasteiger partial charge < -0.3 is 5.32 Å². The maximum Gasteiger partial charge on any atom is 0.397 e. The molecule has 18 heavy (non-hydrogen) atoms. The van der Waals surface area contributed by atoms with Crippen LogP contribution in [0.1, 0.15) is 12.0 Å². The van der Waals surface area contributed by atoms with Crippen molar-refractivity contribution in [3.8, 4) is 0 Å². The van der Waals surface area contributed by atoms with E-state index >= 15 is 0 Å². The van der Waals surface area contributed by atoms with Gasteiger partial charge in [-0.25, -0.2) is 0 Å². The van der Waals surface area contributed by atoms with E-state index in [4.69, 9.17) is 11.6 Å². The van der Waals surface area contributed by atoms with Gasteiger partial charge in [0, 0.05) is 11.9 Å². The minimum atomic E-state index is -4.49. The van der Waals surface area contributed by atoms with Gasteiger partial charge in [0.1, 0.15) is 6.42 Å². The van der Waals surface area contributed by atoms with Crippen LogP contribution in [0.2, 0.25) is 0 Å². The van der Waals surface area contributed by atoms with Crippen LogP contribution < -0.4 is 5.32 Å². The van der Waals surface area contributed by atoms with Crippen LogP contribution in [0, 0.1) is 0 Å². The average Bonchev–Trinajstić information content (AvgIpc) is 2.27. The number of rotatable bonds is 5. The Morgan fingerprint density at radius 2 is 1.89 bits per heavy atom. The molecule has 6 heteroatoms.